The number of thiophene rings is 1. The first-order valence-corrected chi connectivity index (χ1v) is 11.4. The quantitative estimate of drug-likeness (QED) is 0.239. The van der Waals surface area contributed by atoms with E-state index in [2.05, 4.69) is 6.58 Å². The van der Waals surface area contributed by atoms with Gasteiger partial charge in [0.1, 0.15) is 10.6 Å². The topological polar surface area (TPSA) is 52.0 Å². The highest BCUT2D eigenvalue weighted by Crippen LogP contribution is 2.34. The Morgan fingerprint density at radius 1 is 1.28 bits per heavy atom. The number of hydrogen-bond acceptors (Lipinski definition) is 5. The van der Waals surface area contributed by atoms with Gasteiger partial charge in [-0.2, -0.15) is 0 Å². The largest absolute Gasteiger partial charge is 0.293 e. The van der Waals surface area contributed by atoms with E-state index in [1.807, 2.05) is 6.92 Å². The van der Waals surface area contributed by atoms with E-state index >= 15 is 0 Å². The van der Waals surface area contributed by atoms with Gasteiger partial charge in [-0.25, -0.2) is 9.37 Å². The van der Waals surface area contributed by atoms with E-state index in [0.717, 1.165) is 47.0 Å². The molecule has 4 nitrogen and oxygen atoms in total. The van der Waals surface area contributed by atoms with Crippen molar-refractivity contribution in [3.63, 3.8) is 0 Å². The fraction of sp³-hybridized carbons (Fsp3) is 0.318. The molecule has 1 aliphatic carbocycles. The van der Waals surface area contributed by atoms with Gasteiger partial charge in [-0.1, -0.05) is 23.9 Å². The van der Waals surface area contributed by atoms with Gasteiger partial charge in [0.25, 0.3) is 5.56 Å². The molecule has 0 N–H and O–H groups in total. The van der Waals surface area contributed by atoms with Gasteiger partial charge in [-0.3, -0.25) is 14.2 Å². The molecule has 4 rings (SSSR count). The number of Topliss-reactive ketones (excluding diaryl/α,β-unsaturated/α-hetero) is 1. The van der Waals surface area contributed by atoms with Gasteiger partial charge in [-0.15, -0.1) is 11.3 Å². The molecular weight excluding hydrogens is 407 g/mol. The minimum atomic E-state index is -0.377. The molecule has 0 aliphatic heterocycles. The number of allylic oxidation sites excluding steroid dienone is 1. The van der Waals surface area contributed by atoms with Crippen molar-refractivity contribution < 1.29 is 9.18 Å². The summed E-state index contributed by atoms with van der Waals surface area (Å²) >= 11 is 2.85. The molecule has 2 heterocycles. The molecule has 1 aromatic carbocycles. The van der Waals surface area contributed by atoms with E-state index in [1.54, 1.807) is 15.9 Å². The number of hydrogen-bond donors (Lipinski definition) is 0. The average molecular weight is 429 g/mol. The number of thioether (sulfide) groups is 1. The number of rotatable bonds is 6. The highest BCUT2D eigenvalue weighted by Gasteiger charge is 2.22. The van der Waals surface area contributed by atoms with Crippen LogP contribution in [0.2, 0.25) is 0 Å². The van der Waals surface area contributed by atoms with E-state index < -0.39 is 0 Å². The number of ketones is 1. The van der Waals surface area contributed by atoms with Gasteiger partial charge < -0.3 is 0 Å². The summed E-state index contributed by atoms with van der Waals surface area (Å²) in [7, 11) is 0. The first kappa shape index (κ1) is 20.0. The SMILES string of the molecule is C=C(C)Cn1c(SCC(=O)c2ccc(F)cc2)nc2sc3c(c2c1=O)CCCC3. The lowest BCUT2D eigenvalue weighted by molar-refractivity contribution is 0.102. The molecule has 1 aliphatic rings. The van der Waals surface area contributed by atoms with Gasteiger partial charge in [0.15, 0.2) is 10.9 Å². The molecule has 7 heteroatoms. The summed E-state index contributed by atoms with van der Waals surface area (Å²) in [5.41, 5.74) is 2.40. The zero-order valence-electron chi connectivity index (χ0n) is 16.2. The Kier molecular flexibility index (Phi) is 5.69. The van der Waals surface area contributed by atoms with Crippen LogP contribution in [-0.2, 0) is 19.4 Å². The van der Waals surface area contributed by atoms with Crippen molar-refractivity contribution in [2.45, 2.75) is 44.3 Å². The lowest BCUT2D eigenvalue weighted by atomic mass is 9.97. The second-order valence-electron chi connectivity index (χ2n) is 7.35. The summed E-state index contributed by atoms with van der Waals surface area (Å²) in [4.78, 5) is 32.6. The Morgan fingerprint density at radius 3 is 2.72 bits per heavy atom. The third-order valence-corrected chi connectivity index (χ3v) is 7.13. The highest BCUT2D eigenvalue weighted by molar-refractivity contribution is 7.99. The van der Waals surface area contributed by atoms with E-state index in [9.17, 15) is 14.0 Å². The van der Waals surface area contributed by atoms with Crippen LogP contribution in [0, 0.1) is 5.82 Å². The summed E-state index contributed by atoms with van der Waals surface area (Å²) in [6.45, 7) is 6.19. The lowest BCUT2D eigenvalue weighted by Crippen LogP contribution is -2.24. The van der Waals surface area contributed by atoms with Crippen LogP contribution in [0.5, 0.6) is 0 Å². The molecular formula is C22H21FN2O2S2. The van der Waals surface area contributed by atoms with Crippen LogP contribution in [0.4, 0.5) is 4.39 Å². The normalized spacial score (nSPS) is 13.4. The molecule has 0 atom stereocenters. The Bertz CT molecular complexity index is 1160. The minimum absolute atomic E-state index is 0.0471. The molecule has 0 saturated carbocycles. The number of fused-ring (bicyclic) bond motifs is 3. The predicted molar refractivity (Wildman–Crippen MR) is 117 cm³/mol. The average Bonchev–Trinajstić information content (AvgIpc) is 3.07. The van der Waals surface area contributed by atoms with Crippen molar-refractivity contribution in [2.75, 3.05) is 5.75 Å². The number of benzene rings is 1. The van der Waals surface area contributed by atoms with Gasteiger partial charge in [0.2, 0.25) is 0 Å². The Morgan fingerprint density at radius 2 is 2.00 bits per heavy atom. The first-order valence-electron chi connectivity index (χ1n) is 9.55. The summed E-state index contributed by atoms with van der Waals surface area (Å²) in [5, 5.41) is 1.26. The van der Waals surface area contributed by atoms with Crippen molar-refractivity contribution >= 4 is 39.1 Å². The third-order valence-electron chi connectivity index (χ3n) is 4.97. The maximum absolute atomic E-state index is 13.3. The standard InChI is InChI=1S/C22H21FN2O2S2/c1-13(2)11-25-21(27)19-16-5-3-4-6-18(16)29-20(19)24-22(25)28-12-17(26)14-7-9-15(23)10-8-14/h7-10H,1,3-6,11-12H2,2H3. The Labute approximate surface area is 176 Å². The molecule has 0 radical (unpaired) electrons. The minimum Gasteiger partial charge on any atom is -0.293 e. The number of aromatic nitrogens is 2. The number of halogens is 1. The Hall–Kier alpha value is -2.25. The van der Waals surface area contributed by atoms with Crippen LogP contribution >= 0.6 is 23.1 Å². The molecule has 2 aromatic heterocycles. The summed E-state index contributed by atoms with van der Waals surface area (Å²) in [6.07, 6.45) is 4.17. The van der Waals surface area contributed by atoms with Crippen molar-refractivity contribution in [1.29, 1.82) is 0 Å². The van der Waals surface area contributed by atoms with Crippen molar-refractivity contribution in [3.05, 3.63) is 68.6 Å². The Balaban J connectivity index is 1.70. The molecule has 0 fully saturated rings. The smallest absolute Gasteiger partial charge is 0.263 e. The summed E-state index contributed by atoms with van der Waals surface area (Å²) in [5.74, 6) is -0.375. The zero-order valence-corrected chi connectivity index (χ0v) is 17.8. The number of nitrogens with zero attached hydrogens (tertiary/aromatic N) is 2. The molecule has 0 saturated heterocycles. The van der Waals surface area contributed by atoms with Gasteiger partial charge in [0.05, 0.1) is 11.1 Å². The number of carbonyl (C=O) groups excluding carboxylic acids is 1. The molecule has 3 aromatic rings. The maximum atomic E-state index is 13.3. The fourth-order valence-electron chi connectivity index (χ4n) is 3.59. The van der Waals surface area contributed by atoms with E-state index in [0.29, 0.717) is 17.3 Å². The molecule has 0 bridgehead atoms. The van der Waals surface area contributed by atoms with Crippen LogP contribution < -0.4 is 5.56 Å². The highest BCUT2D eigenvalue weighted by atomic mass is 32.2. The monoisotopic (exact) mass is 428 g/mol. The predicted octanol–water partition coefficient (Wildman–Crippen LogP) is 5.03. The van der Waals surface area contributed by atoms with E-state index in [1.165, 1.54) is 40.9 Å². The van der Waals surface area contributed by atoms with Gasteiger partial charge in [0, 0.05) is 17.0 Å². The van der Waals surface area contributed by atoms with Crippen LogP contribution in [0.1, 0.15) is 40.6 Å². The number of aryl methyl sites for hydroxylation is 2. The van der Waals surface area contributed by atoms with Crippen LogP contribution in [0.25, 0.3) is 10.2 Å². The van der Waals surface area contributed by atoms with Crippen LogP contribution in [0.15, 0.2) is 46.4 Å². The van der Waals surface area contributed by atoms with Crippen LogP contribution in [-0.4, -0.2) is 21.1 Å². The summed E-state index contributed by atoms with van der Waals surface area (Å²) < 4.78 is 14.7. The third kappa shape index (κ3) is 4.07. The van der Waals surface area contributed by atoms with Crippen LogP contribution in [0.3, 0.4) is 0 Å². The molecule has 0 amide bonds. The van der Waals surface area contributed by atoms with Crippen molar-refractivity contribution in [2.24, 2.45) is 0 Å². The fourth-order valence-corrected chi connectivity index (χ4v) is 5.78. The molecule has 150 valence electrons. The molecule has 0 spiro atoms. The first-order chi connectivity index (χ1) is 13.9. The second kappa shape index (κ2) is 8.24. The maximum Gasteiger partial charge on any atom is 0.263 e. The van der Waals surface area contributed by atoms with E-state index in [4.69, 9.17) is 4.98 Å². The van der Waals surface area contributed by atoms with E-state index in [-0.39, 0.29) is 22.9 Å². The zero-order chi connectivity index (χ0) is 20.5. The second-order valence-corrected chi connectivity index (χ2v) is 9.38. The van der Waals surface area contributed by atoms with Gasteiger partial charge >= 0.3 is 0 Å². The number of carbonyl (C=O) groups is 1. The van der Waals surface area contributed by atoms with Crippen molar-refractivity contribution in [1.82, 2.24) is 9.55 Å². The lowest BCUT2D eigenvalue weighted by Gasteiger charge is -2.13. The summed E-state index contributed by atoms with van der Waals surface area (Å²) in [6, 6.07) is 5.50. The van der Waals surface area contributed by atoms with Crippen molar-refractivity contribution in [3.8, 4) is 0 Å². The molecule has 0 unspecified atom stereocenters. The molecule has 29 heavy (non-hydrogen) atoms. The van der Waals surface area contributed by atoms with Gasteiger partial charge in [-0.05, 0) is 62.4 Å².